The van der Waals surface area contributed by atoms with Crippen LogP contribution in [0.5, 0.6) is 0 Å². The van der Waals surface area contributed by atoms with Crippen molar-refractivity contribution in [2.75, 3.05) is 12.3 Å². The second-order valence-electron chi connectivity index (χ2n) is 3.74. The Morgan fingerprint density at radius 3 is 3.06 bits per heavy atom. The number of nitrogens with one attached hydrogen (secondary N) is 1. The number of thiazole rings is 1. The molecule has 2 aromatic rings. The van der Waals surface area contributed by atoms with E-state index in [4.69, 9.17) is 5.14 Å². The average Bonchev–Trinajstić information content (AvgIpc) is 2.73. The van der Waals surface area contributed by atoms with Crippen LogP contribution in [-0.4, -0.2) is 30.1 Å². The summed E-state index contributed by atoms with van der Waals surface area (Å²) in [4.78, 5) is 5.35. The molecule has 0 spiro atoms. The fourth-order valence-corrected chi connectivity index (χ4v) is 2.78. The molecule has 0 unspecified atom stereocenters. The van der Waals surface area contributed by atoms with Crippen LogP contribution in [-0.2, 0) is 16.6 Å². The zero-order valence-electron chi connectivity index (χ0n) is 9.38. The largest absolute Gasteiger partial charge is 0.310 e. The molecular formula is C9H14N4O2S2. The quantitative estimate of drug-likeness (QED) is 0.756. The summed E-state index contributed by atoms with van der Waals surface area (Å²) in [5, 5.41) is 9.93. The van der Waals surface area contributed by atoms with Gasteiger partial charge in [0.1, 0.15) is 0 Å². The van der Waals surface area contributed by atoms with E-state index in [1.54, 1.807) is 11.3 Å². The molecule has 0 atom stereocenters. The van der Waals surface area contributed by atoms with Gasteiger partial charge in [0.2, 0.25) is 10.0 Å². The number of hydrogen-bond donors (Lipinski definition) is 2. The highest BCUT2D eigenvalue weighted by atomic mass is 32.2. The minimum atomic E-state index is -3.39. The van der Waals surface area contributed by atoms with Crippen molar-refractivity contribution in [1.29, 1.82) is 0 Å². The molecule has 2 rings (SSSR count). The van der Waals surface area contributed by atoms with E-state index < -0.39 is 10.0 Å². The van der Waals surface area contributed by atoms with Gasteiger partial charge in [-0.25, -0.2) is 18.5 Å². The summed E-state index contributed by atoms with van der Waals surface area (Å²) in [5.41, 5.74) is 2.01. The third kappa shape index (κ3) is 3.03. The topological polar surface area (TPSA) is 89.5 Å². The highest BCUT2D eigenvalue weighted by molar-refractivity contribution is 7.89. The summed E-state index contributed by atoms with van der Waals surface area (Å²) >= 11 is 1.57. The Morgan fingerprint density at radius 2 is 2.35 bits per heavy atom. The lowest BCUT2D eigenvalue weighted by atomic mass is 10.3. The van der Waals surface area contributed by atoms with Gasteiger partial charge in [-0.2, -0.15) is 0 Å². The fourth-order valence-electron chi connectivity index (χ4n) is 1.57. The van der Waals surface area contributed by atoms with Crippen LogP contribution in [0.15, 0.2) is 11.6 Å². The number of imidazole rings is 1. The lowest BCUT2D eigenvalue weighted by molar-refractivity contribution is 0.591. The lowest BCUT2D eigenvalue weighted by Crippen LogP contribution is -2.27. The highest BCUT2D eigenvalue weighted by Gasteiger charge is 2.09. The van der Waals surface area contributed by atoms with Gasteiger partial charge in [0.25, 0.3) is 0 Å². The Hall–Kier alpha value is -0.960. The van der Waals surface area contributed by atoms with E-state index >= 15 is 0 Å². The number of nitrogens with two attached hydrogens (primary N) is 1. The number of aryl methyl sites for hydroxylation is 1. The zero-order chi connectivity index (χ0) is 12.5. The lowest BCUT2D eigenvalue weighted by Gasteiger charge is -2.03. The normalized spacial score (nSPS) is 12.4. The van der Waals surface area contributed by atoms with E-state index in [9.17, 15) is 8.42 Å². The third-order valence-electron chi connectivity index (χ3n) is 2.42. The van der Waals surface area contributed by atoms with Crippen molar-refractivity contribution in [2.45, 2.75) is 13.5 Å². The van der Waals surface area contributed by atoms with Crippen molar-refractivity contribution >= 4 is 26.3 Å². The van der Waals surface area contributed by atoms with Gasteiger partial charge < -0.3 is 5.32 Å². The fraction of sp³-hybridized carbons (Fsp3) is 0.444. The third-order valence-corrected chi connectivity index (χ3v) is 3.95. The Bertz CT molecular complexity index is 614. The molecule has 17 heavy (non-hydrogen) atoms. The minimum absolute atomic E-state index is 0.0579. The minimum Gasteiger partial charge on any atom is -0.310 e. The molecule has 2 aromatic heterocycles. The first kappa shape index (κ1) is 12.5. The molecule has 8 heteroatoms. The molecule has 94 valence electrons. The second kappa shape index (κ2) is 4.73. The van der Waals surface area contributed by atoms with Gasteiger partial charge in [0.05, 0.1) is 17.1 Å². The van der Waals surface area contributed by atoms with Crippen molar-refractivity contribution in [3.8, 4) is 0 Å². The first-order valence-corrected chi connectivity index (χ1v) is 7.69. The number of sulfonamides is 1. The van der Waals surface area contributed by atoms with E-state index in [1.807, 2.05) is 22.9 Å². The monoisotopic (exact) mass is 274 g/mol. The van der Waals surface area contributed by atoms with E-state index in [-0.39, 0.29) is 5.75 Å². The van der Waals surface area contributed by atoms with Crippen molar-refractivity contribution in [2.24, 2.45) is 5.14 Å². The van der Waals surface area contributed by atoms with Gasteiger partial charge in [0, 0.05) is 24.7 Å². The molecule has 0 aromatic carbocycles. The van der Waals surface area contributed by atoms with Gasteiger partial charge in [0.15, 0.2) is 4.96 Å². The summed E-state index contributed by atoms with van der Waals surface area (Å²) in [6.45, 7) is 2.87. The van der Waals surface area contributed by atoms with Crippen LogP contribution in [0, 0.1) is 6.92 Å². The Labute approximate surface area is 104 Å². The number of rotatable bonds is 5. The van der Waals surface area contributed by atoms with Crippen LogP contribution >= 0.6 is 11.3 Å². The number of hydrogen-bond acceptors (Lipinski definition) is 5. The van der Waals surface area contributed by atoms with E-state index in [0.717, 1.165) is 16.3 Å². The van der Waals surface area contributed by atoms with E-state index in [1.165, 1.54) is 0 Å². The molecule has 6 nitrogen and oxygen atoms in total. The van der Waals surface area contributed by atoms with E-state index in [2.05, 4.69) is 10.3 Å². The number of nitrogens with zero attached hydrogens (tertiary/aromatic N) is 2. The van der Waals surface area contributed by atoms with E-state index in [0.29, 0.717) is 13.1 Å². The van der Waals surface area contributed by atoms with Crippen LogP contribution in [0.1, 0.15) is 11.4 Å². The summed E-state index contributed by atoms with van der Waals surface area (Å²) < 4.78 is 23.5. The van der Waals surface area contributed by atoms with Crippen molar-refractivity contribution in [3.05, 3.63) is 23.0 Å². The summed E-state index contributed by atoms with van der Waals surface area (Å²) in [5.74, 6) is -0.0579. The van der Waals surface area contributed by atoms with Gasteiger partial charge >= 0.3 is 0 Å². The molecule has 0 aliphatic carbocycles. The Balaban J connectivity index is 1.99. The molecule has 0 aliphatic rings. The first-order valence-electron chi connectivity index (χ1n) is 5.09. The summed E-state index contributed by atoms with van der Waals surface area (Å²) in [6, 6.07) is 0. The van der Waals surface area contributed by atoms with Crippen LogP contribution in [0.4, 0.5) is 0 Å². The van der Waals surface area contributed by atoms with Gasteiger partial charge in [-0.05, 0) is 6.92 Å². The number of fused-ring (bicyclic) bond motifs is 1. The first-order chi connectivity index (χ1) is 7.97. The molecule has 0 fully saturated rings. The van der Waals surface area contributed by atoms with Crippen LogP contribution in [0.2, 0.25) is 0 Å². The highest BCUT2D eigenvalue weighted by Crippen LogP contribution is 2.16. The predicted octanol–water partition coefficient (Wildman–Crippen LogP) is 0.0823. The standard InChI is InChI=1S/C9H14N4O2S2/c1-7-8(6-11-2-5-17(10,14)15)13-3-4-16-9(13)12-7/h3-4,11H,2,5-6H2,1H3,(H2,10,14,15). The summed E-state index contributed by atoms with van der Waals surface area (Å²) in [7, 11) is -3.39. The number of primary sulfonamides is 1. The van der Waals surface area contributed by atoms with Crippen molar-refractivity contribution in [3.63, 3.8) is 0 Å². The van der Waals surface area contributed by atoms with Gasteiger partial charge in [-0.15, -0.1) is 11.3 Å². The smallest absolute Gasteiger partial charge is 0.210 e. The average molecular weight is 274 g/mol. The molecule has 0 bridgehead atoms. The Morgan fingerprint density at radius 1 is 1.59 bits per heavy atom. The van der Waals surface area contributed by atoms with Crippen molar-refractivity contribution in [1.82, 2.24) is 14.7 Å². The maximum Gasteiger partial charge on any atom is 0.210 e. The SMILES string of the molecule is Cc1nc2sccn2c1CNCCS(N)(=O)=O. The predicted molar refractivity (Wildman–Crippen MR) is 67.5 cm³/mol. The Kier molecular flexibility index (Phi) is 3.48. The zero-order valence-corrected chi connectivity index (χ0v) is 11.0. The molecule has 0 aliphatic heterocycles. The summed E-state index contributed by atoms with van der Waals surface area (Å²) in [6.07, 6.45) is 1.96. The maximum atomic E-state index is 10.8. The molecule has 0 amide bonds. The molecule has 0 saturated heterocycles. The number of aromatic nitrogens is 2. The van der Waals surface area contributed by atoms with Gasteiger partial charge in [-0.1, -0.05) is 0 Å². The second-order valence-corrected chi connectivity index (χ2v) is 6.35. The molecule has 3 N–H and O–H groups in total. The molecule has 2 heterocycles. The van der Waals surface area contributed by atoms with Gasteiger partial charge in [-0.3, -0.25) is 4.40 Å². The molecule has 0 radical (unpaired) electrons. The van der Waals surface area contributed by atoms with Crippen LogP contribution < -0.4 is 10.5 Å². The maximum absolute atomic E-state index is 10.8. The van der Waals surface area contributed by atoms with Crippen LogP contribution in [0.3, 0.4) is 0 Å². The van der Waals surface area contributed by atoms with Crippen LogP contribution in [0.25, 0.3) is 4.96 Å². The molecule has 0 saturated carbocycles. The molecular weight excluding hydrogens is 260 g/mol. The van der Waals surface area contributed by atoms with Crippen molar-refractivity contribution < 1.29 is 8.42 Å².